The lowest BCUT2D eigenvalue weighted by molar-refractivity contribution is -0.149. The van der Waals surface area contributed by atoms with Crippen LogP contribution in [0.4, 0.5) is 0 Å². The van der Waals surface area contributed by atoms with Crippen molar-refractivity contribution in [3.8, 4) is 5.75 Å². The highest BCUT2D eigenvalue weighted by Crippen LogP contribution is 2.19. The van der Waals surface area contributed by atoms with E-state index in [-0.39, 0.29) is 31.0 Å². The van der Waals surface area contributed by atoms with Crippen molar-refractivity contribution in [3.63, 3.8) is 0 Å². The lowest BCUT2D eigenvalue weighted by Gasteiger charge is -2.28. The number of hydrogen-bond donors (Lipinski definition) is 6. The van der Waals surface area contributed by atoms with E-state index in [1.165, 1.54) is 17.0 Å². The number of phenolic OH excluding ortho intramolecular Hbond substituents is 1. The minimum atomic E-state index is -1.09. The van der Waals surface area contributed by atoms with Gasteiger partial charge in [-0.05, 0) is 30.5 Å². The average molecular weight is 439 g/mol. The summed E-state index contributed by atoms with van der Waals surface area (Å²) in [7, 11) is 0. The highest BCUT2D eigenvalue weighted by molar-refractivity contribution is 7.80. The molecule has 1 aromatic carbocycles. The Morgan fingerprint density at radius 2 is 1.83 bits per heavy atom. The Labute approximate surface area is 179 Å². The number of carbonyl (C=O) groups is 4. The monoisotopic (exact) mass is 438 g/mol. The van der Waals surface area contributed by atoms with Gasteiger partial charge in [0.25, 0.3) is 0 Å². The van der Waals surface area contributed by atoms with Gasteiger partial charge in [-0.25, -0.2) is 4.79 Å². The largest absolute Gasteiger partial charge is 0.508 e. The summed E-state index contributed by atoms with van der Waals surface area (Å²) >= 11 is 4.13. The molecule has 0 aromatic heterocycles. The van der Waals surface area contributed by atoms with E-state index in [0.29, 0.717) is 18.4 Å². The number of rotatable bonds is 9. The molecule has 10 nitrogen and oxygen atoms in total. The maximum atomic E-state index is 12.8. The number of aromatic hydroxyl groups is 1. The standard InChI is InChI=1S/C19H26N4O6S/c20-9-16(25)21-13(8-11-3-5-12(24)6-4-11)17(26)22-14(10-30)18(27)23-7-1-2-15(23)19(28)29/h3-6,13-15,24,30H,1-2,7-10,20H2,(H,21,25)(H,22,26)(H,28,29). The van der Waals surface area contributed by atoms with Crippen LogP contribution in [0, 0.1) is 0 Å². The van der Waals surface area contributed by atoms with Gasteiger partial charge in [-0.15, -0.1) is 0 Å². The van der Waals surface area contributed by atoms with Gasteiger partial charge in [-0.1, -0.05) is 12.1 Å². The molecule has 1 heterocycles. The molecular formula is C19H26N4O6S. The summed E-state index contributed by atoms with van der Waals surface area (Å²) in [4.78, 5) is 50.0. The minimum absolute atomic E-state index is 0.0375. The van der Waals surface area contributed by atoms with Crippen molar-refractivity contribution >= 4 is 36.3 Å². The van der Waals surface area contributed by atoms with Crippen LogP contribution in [-0.4, -0.2) is 75.8 Å². The number of likely N-dealkylation sites (tertiary alicyclic amines) is 1. The van der Waals surface area contributed by atoms with E-state index in [0.717, 1.165) is 0 Å². The average Bonchev–Trinajstić information content (AvgIpc) is 3.22. The number of carboxylic acid groups (broad SMARTS) is 1. The van der Waals surface area contributed by atoms with Crippen molar-refractivity contribution in [2.24, 2.45) is 5.73 Å². The summed E-state index contributed by atoms with van der Waals surface area (Å²) < 4.78 is 0. The van der Waals surface area contributed by atoms with Crippen molar-refractivity contribution in [3.05, 3.63) is 29.8 Å². The quantitative estimate of drug-likeness (QED) is 0.266. The molecule has 11 heteroatoms. The SMILES string of the molecule is NCC(=O)NC(Cc1ccc(O)cc1)C(=O)NC(CS)C(=O)N1CCCC1C(=O)O. The Hall–Kier alpha value is -2.79. The molecule has 0 spiro atoms. The number of hydrogen-bond acceptors (Lipinski definition) is 7. The molecule has 0 aliphatic carbocycles. The van der Waals surface area contributed by atoms with Crippen LogP contribution < -0.4 is 16.4 Å². The van der Waals surface area contributed by atoms with Gasteiger partial charge < -0.3 is 31.5 Å². The molecule has 0 bridgehead atoms. The summed E-state index contributed by atoms with van der Waals surface area (Å²) in [5.74, 6) is -2.77. The van der Waals surface area contributed by atoms with Crippen LogP contribution in [0.15, 0.2) is 24.3 Å². The first kappa shape index (κ1) is 23.5. The van der Waals surface area contributed by atoms with Gasteiger partial charge in [-0.3, -0.25) is 14.4 Å². The maximum Gasteiger partial charge on any atom is 0.326 e. The van der Waals surface area contributed by atoms with Gasteiger partial charge in [0.1, 0.15) is 23.9 Å². The van der Waals surface area contributed by atoms with Crippen molar-refractivity contribution in [1.29, 1.82) is 0 Å². The van der Waals surface area contributed by atoms with Crippen LogP contribution in [0.2, 0.25) is 0 Å². The number of thiol groups is 1. The van der Waals surface area contributed by atoms with Gasteiger partial charge in [0, 0.05) is 18.7 Å². The van der Waals surface area contributed by atoms with E-state index in [1.54, 1.807) is 12.1 Å². The predicted molar refractivity (Wildman–Crippen MR) is 111 cm³/mol. The molecule has 3 unspecified atom stereocenters. The maximum absolute atomic E-state index is 12.8. The predicted octanol–water partition coefficient (Wildman–Crippen LogP) is -1.13. The van der Waals surface area contributed by atoms with Gasteiger partial charge in [0.2, 0.25) is 17.7 Å². The zero-order valence-corrected chi connectivity index (χ0v) is 17.2. The molecule has 1 saturated heterocycles. The van der Waals surface area contributed by atoms with Gasteiger partial charge in [-0.2, -0.15) is 12.6 Å². The van der Waals surface area contributed by atoms with Crippen LogP contribution in [0.5, 0.6) is 5.75 Å². The molecule has 0 radical (unpaired) electrons. The number of nitrogens with one attached hydrogen (secondary N) is 2. The molecule has 1 aromatic rings. The van der Waals surface area contributed by atoms with E-state index in [9.17, 15) is 29.4 Å². The third kappa shape index (κ3) is 6.10. The van der Waals surface area contributed by atoms with Crippen molar-refractivity contribution in [1.82, 2.24) is 15.5 Å². The molecule has 0 saturated carbocycles. The number of phenols is 1. The highest BCUT2D eigenvalue weighted by Gasteiger charge is 2.37. The van der Waals surface area contributed by atoms with E-state index in [2.05, 4.69) is 23.3 Å². The lowest BCUT2D eigenvalue weighted by atomic mass is 10.0. The molecule has 3 amide bonds. The number of amides is 3. The third-order valence-corrected chi connectivity index (χ3v) is 5.20. The van der Waals surface area contributed by atoms with Crippen molar-refractivity contribution in [2.75, 3.05) is 18.8 Å². The number of nitrogens with zero attached hydrogens (tertiary/aromatic N) is 1. The smallest absolute Gasteiger partial charge is 0.326 e. The van der Waals surface area contributed by atoms with Crippen LogP contribution in [0.1, 0.15) is 18.4 Å². The Bertz CT molecular complexity index is 788. The molecule has 1 aliphatic heterocycles. The van der Waals surface area contributed by atoms with Gasteiger partial charge >= 0.3 is 5.97 Å². The van der Waals surface area contributed by atoms with E-state index in [1.807, 2.05) is 0 Å². The summed E-state index contributed by atoms with van der Waals surface area (Å²) in [5, 5.41) is 23.8. The fraction of sp³-hybridized carbons (Fsp3) is 0.474. The normalized spacial score (nSPS) is 17.8. The van der Waals surface area contributed by atoms with Gasteiger partial charge in [0.05, 0.1) is 6.54 Å². The van der Waals surface area contributed by atoms with Crippen molar-refractivity contribution in [2.45, 2.75) is 37.4 Å². The first-order valence-electron chi connectivity index (χ1n) is 9.48. The zero-order chi connectivity index (χ0) is 22.3. The van der Waals surface area contributed by atoms with E-state index in [4.69, 9.17) is 5.73 Å². The van der Waals surface area contributed by atoms with E-state index >= 15 is 0 Å². The van der Waals surface area contributed by atoms with E-state index < -0.39 is 41.8 Å². The number of benzene rings is 1. The molecule has 1 aliphatic rings. The molecule has 2 rings (SSSR count). The minimum Gasteiger partial charge on any atom is -0.508 e. The summed E-state index contributed by atoms with van der Waals surface area (Å²) in [6.07, 6.45) is 1.02. The van der Waals surface area contributed by atoms with Gasteiger partial charge in [0.15, 0.2) is 0 Å². The second kappa shape index (κ2) is 10.8. The van der Waals surface area contributed by atoms with Crippen LogP contribution in [0.25, 0.3) is 0 Å². The lowest BCUT2D eigenvalue weighted by Crippen LogP contribution is -2.57. The van der Waals surface area contributed by atoms with Crippen LogP contribution in [0.3, 0.4) is 0 Å². The Morgan fingerprint density at radius 1 is 1.17 bits per heavy atom. The summed E-state index contributed by atoms with van der Waals surface area (Å²) in [6.45, 7) is -0.0286. The Morgan fingerprint density at radius 3 is 2.40 bits per heavy atom. The fourth-order valence-electron chi connectivity index (χ4n) is 3.28. The Balaban J connectivity index is 2.12. The second-order valence-corrected chi connectivity index (χ2v) is 7.33. The topological polar surface area (TPSA) is 162 Å². The zero-order valence-electron chi connectivity index (χ0n) is 16.3. The number of carboxylic acids is 1. The molecule has 6 N–H and O–H groups in total. The van der Waals surface area contributed by atoms with Crippen LogP contribution >= 0.6 is 12.6 Å². The first-order valence-corrected chi connectivity index (χ1v) is 10.1. The number of carbonyl (C=O) groups excluding carboxylic acids is 3. The first-order chi connectivity index (χ1) is 14.3. The number of aliphatic carboxylic acids is 1. The Kier molecular flexibility index (Phi) is 8.48. The highest BCUT2D eigenvalue weighted by atomic mass is 32.1. The molecular weight excluding hydrogens is 412 g/mol. The number of nitrogens with two attached hydrogens (primary N) is 1. The summed E-state index contributed by atoms with van der Waals surface area (Å²) in [5.41, 5.74) is 6.00. The van der Waals surface area contributed by atoms with Crippen molar-refractivity contribution < 1.29 is 29.4 Å². The molecule has 164 valence electrons. The summed E-state index contributed by atoms with van der Waals surface area (Å²) in [6, 6.07) is 3.12. The third-order valence-electron chi connectivity index (χ3n) is 4.83. The molecule has 30 heavy (non-hydrogen) atoms. The molecule has 1 fully saturated rings. The fourth-order valence-corrected chi connectivity index (χ4v) is 3.52. The molecule has 3 atom stereocenters. The second-order valence-electron chi connectivity index (χ2n) is 6.97. The van der Waals surface area contributed by atoms with Crippen LogP contribution in [-0.2, 0) is 25.6 Å².